The molecule has 0 saturated carbocycles. The van der Waals surface area contributed by atoms with Crippen LogP contribution in [0.25, 0.3) is 0 Å². The standard InChI is InChI=1S/C10H9ClO4/c1-2-15-10(14)9(13)6-4-3-5-7(11)8(6)12/h3-5,12H,2H2,1H3. The molecule has 0 heterocycles. The Hall–Kier alpha value is -1.55. The highest BCUT2D eigenvalue weighted by atomic mass is 35.5. The zero-order valence-electron chi connectivity index (χ0n) is 7.99. The highest BCUT2D eigenvalue weighted by Gasteiger charge is 2.21. The van der Waals surface area contributed by atoms with Crippen molar-refractivity contribution >= 4 is 23.4 Å². The molecule has 1 aromatic carbocycles. The van der Waals surface area contributed by atoms with E-state index in [1.165, 1.54) is 18.2 Å². The quantitative estimate of drug-likeness (QED) is 0.487. The second kappa shape index (κ2) is 4.79. The Bertz CT molecular complexity index is 400. The van der Waals surface area contributed by atoms with E-state index in [1.807, 2.05) is 0 Å². The van der Waals surface area contributed by atoms with E-state index in [2.05, 4.69) is 4.74 Å². The zero-order valence-corrected chi connectivity index (χ0v) is 8.75. The number of aromatic hydroxyl groups is 1. The lowest BCUT2D eigenvalue weighted by Gasteiger charge is -2.04. The van der Waals surface area contributed by atoms with Crippen molar-refractivity contribution in [3.05, 3.63) is 28.8 Å². The molecule has 5 heteroatoms. The van der Waals surface area contributed by atoms with Crippen LogP contribution in [0.5, 0.6) is 5.75 Å². The SMILES string of the molecule is CCOC(=O)C(=O)c1cccc(Cl)c1O. The third-order valence-electron chi connectivity index (χ3n) is 1.69. The average Bonchev–Trinajstić information content (AvgIpc) is 2.21. The number of phenols is 1. The molecule has 0 saturated heterocycles. The van der Waals surface area contributed by atoms with Gasteiger partial charge >= 0.3 is 5.97 Å². The fraction of sp³-hybridized carbons (Fsp3) is 0.200. The molecule has 0 aromatic heterocycles. The summed E-state index contributed by atoms with van der Waals surface area (Å²) in [5, 5.41) is 9.44. The van der Waals surface area contributed by atoms with Gasteiger partial charge in [0, 0.05) is 0 Å². The molecule has 15 heavy (non-hydrogen) atoms. The van der Waals surface area contributed by atoms with Gasteiger partial charge in [0.25, 0.3) is 5.78 Å². The number of ketones is 1. The molecule has 0 radical (unpaired) electrons. The maximum absolute atomic E-state index is 11.4. The van der Waals surface area contributed by atoms with Crippen molar-refractivity contribution in [2.45, 2.75) is 6.92 Å². The number of carbonyl (C=O) groups is 2. The van der Waals surface area contributed by atoms with Gasteiger partial charge in [-0.1, -0.05) is 17.7 Å². The summed E-state index contributed by atoms with van der Waals surface area (Å²) in [5.41, 5.74) is -0.152. The molecule has 0 atom stereocenters. The van der Waals surface area contributed by atoms with Crippen molar-refractivity contribution in [3.63, 3.8) is 0 Å². The smallest absolute Gasteiger partial charge is 0.379 e. The van der Waals surface area contributed by atoms with Crippen LogP contribution in [0.15, 0.2) is 18.2 Å². The van der Waals surface area contributed by atoms with E-state index in [-0.39, 0.29) is 17.2 Å². The lowest BCUT2D eigenvalue weighted by Crippen LogP contribution is -2.17. The lowest BCUT2D eigenvalue weighted by molar-refractivity contribution is -0.137. The topological polar surface area (TPSA) is 63.6 Å². The third kappa shape index (κ3) is 2.47. The van der Waals surface area contributed by atoms with Crippen LogP contribution >= 0.6 is 11.6 Å². The number of ether oxygens (including phenoxy) is 1. The molecule has 1 rings (SSSR count). The monoisotopic (exact) mass is 228 g/mol. The number of phenolic OH excluding ortho intramolecular Hbond substituents is 1. The molecule has 1 N–H and O–H groups in total. The first kappa shape index (κ1) is 11.5. The predicted molar refractivity (Wildman–Crippen MR) is 54.1 cm³/mol. The molecule has 0 amide bonds. The van der Waals surface area contributed by atoms with Crippen LogP contribution in [0.4, 0.5) is 0 Å². The summed E-state index contributed by atoms with van der Waals surface area (Å²) in [6, 6.07) is 4.19. The first-order valence-electron chi connectivity index (χ1n) is 4.26. The minimum absolute atomic E-state index is 0.0187. The number of halogens is 1. The summed E-state index contributed by atoms with van der Waals surface area (Å²) in [6.07, 6.45) is 0. The molecule has 0 aliphatic rings. The van der Waals surface area contributed by atoms with E-state index in [9.17, 15) is 14.7 Å². The molecule has 0 spiro atoms. The molecule has 80 valence electrons. The zero-order chi connectivity index (χ0) is 11.4. The maximum Gasteiger partial charge on any atom is 0.379 e. The Balaban J connectivity index is 3.01. The normalized spacial score (nSPS) is 9.73. The van der Waals surface area contributed by atoms with E-state index < -0.39 is 17.5 Å². The van der Waals surface area contributed by atoms with Crippen LogP contribution in [-0.4, -0.2) is 23.5 Å². The van der Waals surface area contributed by atoms with Crippen molar-refractivity contribution in [1.29, 1.82) is 0 Å². The largest absolute Gasteiger partial charge is 0.506 e. The van der Waals surface area contributed by atoms with Crippen molar-refractivity contribution in [1.82, 2.24) is 0 Å². The molecule has 0 unspecified atom stereocenters. The van der Waals surface area contributed by atoms with Crippen LogP contribution in [0.2, 0.25) is 5.02 Å². The summed E-state index contributed by atoms with van der Waals surface area (Å²) in [5.74, 6) is -2.32. The van der Waals surface area contributed by atoms with E-state index in [1.54, 1.807) is 6.92 Å². The Labute approximate surface area is 91.4 Å². The van der Waals surface area contributed by atoms with Crippen LogP contribution in [0.1, 0.15) is 17.3 Å². The van der Waals surface area contributed by atoms with E-state index in [0.717, 1.165) is 0 Å². The minimum atomic E-state index is -1.00. The van der Waals surface area contributed by atoms with Crippen molar-refractivity contribution in [2.24, 2.45) is 0 Å². The number of rotatable bonds is 3. The molecule has 0 bridgehead atoms. The number of benzene rings is 1. The highest BCUT2D eigenvalue weighted by Crippen LogP contribution is 2.27. The summed E-state index contributed by atoms with van der Waals surface area (Å²) >= 11 is 5.59. The van der Waals surface area contributed by atoms with Crippen LogP contribution < -0.4 is 0 Å². The number of para-hydroxylation sites is 1. The molecule has 0 fully saturated rings. The number of esters is 1. The number of carbonyl (C=O) groups excluding carboxylic acids is 2. The lowest BCUT2D eigenvalue weighted by atomic mass is 10.1. The van der Waals surface area contributed by atoms with Gasteiger partial charge in [0.05, 0.1) is 17.2 Å². The van der Waals surface area contributed by atoms with Gasteiger partial charge in [-0.05, 0) is 19.1 Å². The Kier molecular flexibility index (Phi) is 3.68. The molecule has 0 aliphatic carbocycles. The molecular formula is C10H9ClO4. The second-order valence-corrected chi connectivity index (χ2v) is 3.09. The highest BCUT2D eigenvalue weighted by molar-refractivity contribution is 6.42. The summed E-state index contributed by atoms with van der Waals surface area (Å²) in [7, 11) is 0. The summed E-state index contributed by atoms with van der Waals surface area (Å²) in [4.78, 5) is 22.5. The van der Waals surface area contributed by atoms with E-state index in [4.69, 9.17) is 11.6 Å². The fourth-order valence-electron chi connectivity index (χ4n) is 1.01. The number of hydrogen-bond donors (Lipinski definition) is 1. The van der Waals surface area contributed by atoms with E-state index in [0.29, 0.717) is 0 Å². The van der Waals surface area contributed by atoms with Gasteiger partial charge in [0.2, 0.25) is 0 Å². The summed E-state index contributed by atoms with van der Waals surface area (Å²) < 4.78 is 4.51. The first-order valence-corrected chi connectivity index (χ1v) is 4.64. The van der Waals surface area contributed by atoms with Crippen molar-refractivity contribution in [2.75, 3.05) is 6.61 Å². The van der Waals surface area contributed by atoms with Crippen molar-refractivity contribution < 1.29 is 19.4 Å². The van der Waals surface area contributed by atoms with Gasteiger partial charge in [0.1, 0.15) is 5.75 Å². The fourth-order valence-corrected chi connectivity index (χ4v) is 1.18. The molecule has 1 aromatic rings. The molecular weight excluding hydrogens is 220 g/mol. The van der Waals surface area contributed by atoms with Gasteiger partial charge in [0.15, 0.2) is 0 Å². The molecule has 4 nitrogen and oxygen atoms in total. The van der Waals surface area contributed by atoms with Crippen LogP contribution in [0.3, 0.4) is 0 Å². The predicted octanol–water partition coefficient (Wildman–Crippen LogP) is 1.79. The van der Waals surface area contributed by atoms with Gasteiger partial charge in [-0.2, -0.15) is 0 Å². The maximum atomic E-state index is 11.4. The van der Waals surface area contributed by atoms with Gasteiger partial charge in [-0.15, -0.1) is 0 Å². The third-order valence-corrected chi connectivity index (χ3v) is 2.00. The van der Waals surface area contributed by atoms with Crippen molar-refractivity contribution in [3.8, 4) is 5.75 Å². The molecule has 0 aliphatic heterocycles. The van der Waals surface area contributed by atoms with Gasteiger partial charge < -0.3 is 9.84 Å². The second-order valence-electron chi connectivity index (χ2n) is 2.69. The Morgan fingerprint density at radius 2 is 2.13 bits per heavy atom. The average molecular weight is 229 g/mol. The number of hydrogen-bond acceptors (Lipinski definition) is 4. The van der Waals surface area contributed by atoms with Gasteiger partial charge in [-0.3, -0.25) is 4.79 Å². The minimum Gasteiger partial charge on any atom is -0.506 e. The van der Waals surface area contributed by atoms with Crippen LogP contribution in [0, 0.1) is 0 Å². The first-order chi connectivity index (χ1) is 7.07. The van der Waals surface area contributed by atoms with E-state index >= 15 is 0 Å². The van der Waals surface area contributed by atoms with Crippen LogP contribution in [-0.2, 0) is 9.53 Å². The summed E-state index contributed by atoms with van der Waals surface area (Å²) in [6.45, 7) is 1.69. The van der Waals surface area contributed by atoms with Gasteiger partial charge in [-0.25, -0.2) is 4.79 Å². The Morgan fingerprint density at radius 1 is 1.47 bits per heavy atom. The number of Topliss-reactive ketones (excluding diaryl/α,β-unsaturated/α-hetero) is 1. The Morgan fingerprint density at radius 3 is 2.73 bits per heavy atom.